The van der Waals surface area contributed by atoms with Gasteiger partial charge in [0.05, 0.1) is 11.9 Å². The Kier molecular flexibility index (Phi) is 4.75. The molecule has 0 aliphatic rings. The number of imidazole rings is 1. The molecule has 0 saturated carbocycles. The quantitative estimate of drug-likeness (QED) is 0.395. The first-order valence-corrected chi connectivity index (χ1v) is 10.3. The largest absolute Gasteiger partial charge is 0.363 e. The van der Waals surface area contributed by atoms with Crippen LogP contribution in [0.25, 0.3) is 28.0 Å². The van der Waals surface area contributed by atoms with E-state index in [4.69, 9.17) is 9.51 Å². The summed E-state index contributed by atoms with van der Waals surface area (Å²) >= 11 is 0. The normalized spacial score (nSPS) is 12.2. The Balaban J connectivity index is 1.56. The van der Waals surface area contributed by atoms with Gasteiger partial charge in [0.15, 0.2) is 5.65 Å². The lowest BCUT2D eigenvalue weighted by Gasteiger charge is -2.16. The maximum absolute atomic E-state index is 5.33. The summed E-state index contributed by atoms with van der Waals surface area (Å²) in [5.74, 6) is 1.77. The van der Waals surface area contributed by atoms with E-state index in [2.05, 4.69) is 70.9 Å². The molecular weight excluding hydrogens is 386 g/mol. The second-order valence-electron chi connectivity index (χ2n) is 7.67. The Morgan fingerprint density at radius 2 is 1.71 bits per heavy atom. The molecule has 5 aromatic rings. The summed E-state index contributed by atoms with van der Waals surface area (Å²) < 4.78 is 7.37. The molecule has 2 aromatic carbocycles. The number of rotatable bonds is 5. The molecule has 0 aliphatic heterocycles. The first kappa shape index (κ1) is 19.1. The van der Waals surface area contributed by atoms with E-state index in [1.165, 1.54) is 5.56 Å². The standard InChI is InChI=1S/C25H23N5O/c1-16(19-7-5-4-6-8-19)27-25-24(28-22-15-26-13-14-30(22)25)21-11-9-20(10-12-21)23-17(2)29-31-18(23)3/h4-16,27H,1-3H3. The zero-order valence-electron chi connectivity index (χ0n) is 17.7. The molecule has 0 bridgehead atoms. The van der Waals surface area contributed by atoms with Gasteiger partial charge in [-0.3, -0.25) is 9.38 Å². The average Bonchev–Trinajstić information content (AvgIpc) is 3.34. The fourth-order valence-corrected chi connectivity index (χ4v) is 3.97. The third kappa shape index (κ3) is 3.46. The van der Waals surface area contributed by atoms with E-state index in [1.54, 1.807) is 12.4 Å². The van der Waals surface area contributed by atoms with Crippen molar-refractivity contribution in [2.75, 3.05) is 5.32 Å². The van der Waals surface area contributed by atoms with Gasteiger partial charge in [0.25, 0.3) is 0 Å². The summed E-state index contributed by atoms with van der Waals surface area (Å²) in [5.41, 5.74) is 6.95. The number of anilines is 1. The molecule has 1 atom stereocenters. The molecule has 0 saturated heterocycles. The topological polar surface area (TPSA) is 68.2 Å². The third-order valence-corrected chi connectivity index (χ3v) is 5.56. The van der Waals surface area contributed by atoms with Crippen LogP contribution in [-0.4, -0.2) is 19.5 Å². The number of benzene rings is 2. The van der Waals surface area contributed by atoms with Gasteiger partial charge < -0.3 is 9.84 Å². The summed E-state index contributed by atoms with van der Waals surface area (Å²) in [6, 6.07) is 18.9. The molecule has 31 heavy (non-hydrogen) atoms. The van der Waals surface area contributed by atoms with Gasteiger partial charge in [-0.25, -0.2) is 4.98 Å². The Bertz CT molecular complexity index is 1320. The highest BCUT2D eigenvalue weighted by atomic mass is 16.5. The van der Waals surface area contributed by atoms with E-state index < -0.39 is 0 Å². The summed E-state index contributed by atoms with van der Waals surface area (Å²) in [6.07, 6.45) is 5.49. The van der Waals surface area contributed by atoms with Crippen LogP contribution in [0.5, 0.6) is 0 Å². The Labute approximate surface area is 180 Å². The molecule has 0 amide bonds. The number of aryl methyl sites for hydroxylation is 2. The highest BCUT2D eigenvalue weighted by Crippen LogP contribution is 2.34. The van der Waals surface area contributed by atoms with Gasteiger partial charge in [0, 0.05) is 29.6 Å². The maximum atomic E-state index is 5.33. The second-order valence-corrected chi connectivity index (χ2v) is 7.67. The number of hydrogen-bond acceptors (Lipinski definition) is 5. The Hall–Kier alpha value is -3.93. The smallest absolute Gasteiger partial charge is 0.157 e. The molecule has 0 spiro atoms. The Morgan fingerprint density at radius 1 is 0.968 bits per heavy atom. The highest BCUT2D eigenvalue weighted by molar-refractivity contribution is 5.79. The van der Waals surface area contributed by atoms with E-state index >= 15 is 0 Å². The minimum atomic E-state index is 0.120. The van der Waals surface area contributed by atoms with Crippen LogP contribution in [0.1, 0.15) is 30.0 Å². The van der Waals surface area contributed by atoms with Crippen molar-refractivity contribution in [3.05, 3.63) is 90.2 Å². The maximum Gasteiger partial charge on any atom is 0.157 e. The van der Waals surface area contributed by atoms with Crippen LogP contribution < -0.4 is 5.32 Å². The summed E-state index contributed by atoms with van der Waals surface area (Å²) in [5, 5.41) is 7.73. The van der Waals surface area contributed by atoms with Gasteiger partial charge in [-0.2, -0.15) is 0 Å². The van der Waals surface area contributed by atoms with E-state index in [0.29, 0.717) is 0 Å². The molecule has 3 heterocycles. The second kappa shape index (κ2) is 7.72. The fourth-order valence-electron chi connectivity index (χ4n) is 3.97. The predicted octanol–water partition coefficient (Wildman–Crippen LogP) is 5.84. The molecular formula is C25H23N5O. The molecule has 1 unspecified atom stereocenters. The minimum Gasteiger partial charge on any atom is -0.363 e. The first-order chi connectivity index (χ1) is 15.1. The number of fused-ring (bicyclic) bond motifs is 1. The van der Waals surface area contributed by atoms with E-state index in [1.807, 2.05) is 30.5 Å². The molecule has 5 rings (SSSR count). The van der Waals surface area contributed by atoms with Crippen LogP contribution in [0.2, 0.25) is 0 Å². The first-order valence-electron chi connectivity index (χ1n) is 10.3. The summed E-state index contributed by atoms with van der Waals surface area (Å²) in [6.45, 7) is 6.05. The molecule has 3 aromatic heterocycles. The number of aromatic nitrogens is 4. The molecule has 0 fully saturated rings. The van der Waals surface area contributed by atoms with Crippen LogP contribution in [-0.2, 0) is 0 Å². The summed E-state index contributed by atoms with van der Waals surface area (Å²) in [4.78, 5) is 9.10. The number of nitrogens with zero attached hydrogens (tertiary/aromatic N) is 4. The van der Waals surface area contributed by atoms with Crippen molar-refractivity contribution < 1.29 is 4.52 Å². The molecule has 6 heteroatoms. The molecule has 0 radical (unpaired) electrons. The van der Waals surface area contributed by atoms with Crippen molar-refractivity contribution in [1.29, 1.82) is 0 Å². The zero-order chi connectivity index (χ0) is 21.4. The SMILES string of the molecule is Cc1noc(C)c1-c1ccc(-c2nc3cnccn3c2NC(C)c2ccccc2)cc1. The van der Waals surface area contributed by atoms with E-state index in [9.17, 15) is 0 Å². The Morgan fingerprint density at radius 3 is 2.42 bits per heavy atom. The van der Waals surface area contributed by atoms with Gasteiger partial charge in [-0.1, -0.05) is 59.8 Å². The van der Waals surface area contributed by atoms with Crippen molar-refractivity contribution in [2.45, 2.75) is 26.8 Å². The van der Waals surface area contributed by atoms with Crippen molar-refractivity contribution in [2.24, 2.45) is 0 Å². The van der Waals surface area contributed by atoms with Gasteiger partial charge >= 0.3 is 0 Å². The van der Waals surface area contributed by atoms with Crippen LogP contribution in [0.3, 0.4) is 0 Å². The predicted molar refractivity (Wildman–Crippen MR) is 122 cm³/mol. The minimum absolute atomic E-state index is 0.120. The molecule has 154 valence electrons. The van der Waals surface area contributed by atoms with Gasteiger partial charge in [0.2, 0.25) is 0 Å². The number of nitrogens with one attached hydrogen (secondary N) is 1. The van der Waals surface area contributed by atoms with Crippen LogP contribution in [0.4, 0.5) is 5.82 Å². The van der Waals surface area contributed by atoms with Crippen LogP contribution in [0, 0.1) is 13.8 Å². The van der Waals surface area contributed by atoms with Crippen molar-refractivity contribution >= 4 is 11.5 Å². The van der Waals surface area contributed by atoms with Crippen LogP contribution >= 0.6 is 0 Å². The van der Waals surface area contributed by atoms with Crippen molar-refractivity contribution in [1.82, 2.24) is 19.5 Å². The van der Waals surface area contributed by atoms with Crippen molar-refractivity contribution in [3.8, 4) is 22.4 Å². The lowest BCUT2D eigenvalue weighted by molar-refractivity contribution is 0.393. The lowest BCUT2D eigenvalue weighted by Crippen LogP contribution is -2.09. The zero-order valence-corrected chi connectivity index (χ0v) is 17.7. The highest BCUT2D eigenvalue weighted by Gasteiger charge is 2.18. The lowest BCUT2D eigenvalue weighted by atomic mass is 10.0. The van der Waals surface area contributed by atoms with Gasteiger partial charge in [-0.05, 0) is 31.9 Å². The van der Waals surface area contributed by atoms with Gasteiger partial charge in [0.1, 0.15) is 17.3 Å². The van der Waals surface area contributed by atoms with Crippen LogP contribution in [0.15, 0.2) is 77.7 Å². The number of hydrogen-bond donors (Lipinski definition) is 1. The van der Waals surface area contributed by atoms with E-state index in [-0.39, 0.29) is 6.04 Å². The summed E-state index contributed by atoms with van der Waals surface area (Å²) in [7, 11) is 0. The monoisotopic (exact) mass is 409 g/mol. The molecule has 0 aliphatic carbocycles. The fraction of sp³-hybridized carbons (Fsp3) is 0.160. The van der Waals surface area contributed by atoms with E-state index in [0.717, 1.165) is 45.3 Å². The molecule has 6 nitrogen and oxygen atoms in total. The molecule has 1 N–H and O–H groups in total. The average molecular weight is 409 g/mol. The van der Waals surface area contributed by atoms with Gasteiger partial charge in [-0.15, -0.1) is 0 Å². The third-order valence-electron chi connectivity index (χ3n) is 5.56. The van der Waals surface area contributed by atoms with Crippen molar-refractivity contribution in [3.63, 3.8) is 0 Å².